The summed E-state index contributed by atoms with van der Waals surface area (Å²) in [5.41, 5.74) is 3.52. The molecule has 0 spiro atoms. The lowest BCUT2D eigenvalue weighted by atomic mass is 10.0. The van der Waals surface area contributed by atoms with Crippen molar-refractivity contribution in [2.75, 3.05) is 6.54 Å². The van der Waals surface area contributed by atoms with Gasteiger partial charge in [0.25, 0.3) is 0 Å². The molecule has 2 aromatic carbocycles. The van der Waals surface area contributed by atoms with Gasteiger partial charge in [0.05, 0.1) is 18.2 Å². The molecule has 0 aliphatic heterocycles. The summed E-state index contributed by atoms with van der Waals surface area (Å²) in [6.07, 6.45) is 0.926. The standard InChI is InChI=1S/C18H20N2/c1-15(2)17-8-10-18(11-9-17)20-14-19-13-12-16-6-4-3-5-7-16/h3-11,15H,12-13H2,1-2H3. The van der Waals surface area contributed by atoms with Crippen molar-refractivity contribution in [2.24, 2.45) is 9.98 Å². The van der Waals surface area contributed by atoms with E-state index in [1.54, 1.807) is 0 Å². The van der Waals surface area contributed by atoms with Gasteiger partial charge in [-0.05, 0) is 35.6 Å². The molecule has 20 heavy (non-hydrogen) atoms. The summed E-state index contributed by atoms with van der Waals surface area (Å²) in [5, 5.41) is 0. The van der Waals surface area contributed by atoms with Gasteiger partial charge in [0, 0.05) is 0 Å². The van der Waals surface area contributed by atoms with E-state index in [0.29, 0.717) is 5.92 Å². The monoisotopic (exact) mass is 264 g/mol. The van der Waals surface area contributed by atoms with Gasteiger partial charge in [-0.2, -0.15) is 4.99 Å². The lowest BCUT2D eigenvalue weighted by Crippen LogP contribution is -1.87. The fourth-order valence-electron chi connectivity index (χ4n) is 1.91. The Hall–Kier alpha value is -2.18. The van der Waals surface area contributed by atoms with Crippen molar-refractivity contribution in [1.82, 2.24) is 0 Å². The zero-order valence-corrected chi connectivity index (χ0v) is 12.1. The Kier molecular flexibility index (Phi) is 5.28. The van der Waals surface area contributed by atoms with Crippen LogP contribution in [-0.2, 0) is 6.42 Å². The molecule has 0 fully saturated rings. The highest BCUT2D eigenvalue weighted by atomic mass is 14.8. The summed E-state index contributed by atoms with van der Waals surface area (Å²) in [6.45, 7) is 5.09. The lowest BCUT2D eigenvalue weighted by molar-refractivity contribution is 0.867. The van der Waals surface area contributed by atoms with Crippen molar-refractivity contribution in [3.05, 3.63) is 65.7 Å². The third-order valence-corrected chi connectivity index (χ3v) is 3.16. The van der Waals surface area contributed by atoms with E-state index in [-0.39, 0.29) is 0 Å². The Bertz CT molecular complexity index is 577. The number of benzene rings is 2. The maximum atomic E-state index is 4.22. The highest BCUT2D eigenvalue weighted by Gasteiger charge is 1.97. The Morgan fingerprint density at radius 3 is 2.30 bits per heavy atom. The molecule has 0 aliphatic rings. The molecule has 102 valence electrons. The van der Waals surface area contributed by atoms with Crippen molar-refractivity contribution in [3.8, 4) is 0 Å². The second-order valence-corrected chi connectivity index (χ2v) is 5.08. The average molecular weight is 264 g/mol. The fourth-order valence-corrected chi connectivity index (χ4v) is 1.91. The normalized spacial score (nSPS) is 10.2. The van der Waals surface area contributed by atoms with E-state index in [9.17, 15) is 0 Å². The van der Waals surface area contributed by atoms with Gasteiger partial charge in [0.2, 0.25) is 0 Å². The van der Waals surface area contributed by atoms with Crippen LogP contribution >= 0.6 is 0 Å². The molecule has 2 rings (SSSR count). The summed E-state index contributed by atoms with van der Waals surface area (Å²) in [4.78, 5) is 8.42. The predicted molar refractivity (Wildman–Crippen MR) is 85.1 cm³/mol. The maximum Gasteiger partial charge on any atom is 0.0949 e. The Morgan fingerprint density at radius 2 is 1.65 bits per heavy atom. The fraction of sp³-hybridized carbons (Fsp3) is 0.278. The highest BCUT2D eigenvalue weighted by Crippen LogP contribution is 2.18. The molecule has 0 bridgehead atoms. The molecular weight excluding hydrogens is 244 g/mol. The van der Waals surface area contributed by atoms with Crippen LogP contribution in [0.1, 0.15) is 30.9 Å². The summed E-state index contributed by atoms with van der Waals surface area (Å²) in [6, 6.07) is 21.3. The maximum absolute atomic E-state index is 4.22. The third kappa shape index (κ3) is 4.49. The molecule has 0 unspecified atom stereocenters. The first-order valence-electron chi connectivity index (χ1n) is 7.02. The van der Waals surface area contributed by atoms with Crippen LogP contribution in [0.4, 0.5) is 5.69 Å². The van der Waals surface area contributed by atoms with E-state index < -0.39 is 0 Å². The Labute approximate surface area is 120 Å². The minimum absolute atomic E-state index is 0.549. The summed E-state index contributed by atoms with van der Waals surface area (Å²) >= 11 is 0. The first kappa shape index (κ1) is 14.2. The Morgan fingerprint density at radius 1 is 0.950 bits per heavy atom. The van der Waals surface area contributed by atoms with Gasteiger partial charge in [-0.25, -0.2) is 4.99 Å². The molecule has 0 N–H and O–H groups in total. The zero-order valence-electron chi connectivity index (χ0n) is 12.1. The molecule has 0 aromatic heterocycles. The first-order chi connectivity index (χ1) is 9.75. The van der Waals surface area contributed by atoms with Crippen molar-refractivity contribution >= 4 is 11.7 Å². The molecule has 2 heteroatoms. The quantitative estimate of drug-likeness (QED) is 0.689. The van der Waals surface area contributed by atoms with Crippen LogP contribution < -0.4 is 0 Å². The van der Waals surface area contributed by atoms with Crippen LogP contribution in [-0.4, -0.2) is 12.6 Å². The van der Waals surface area contributed by atoms with Gasteiger partial charge in [-0.3, -0.25) is 0 Å². The van der Waals surface area contributed by atoms with Gasteiger partial charge >= 0.3 is 0 Å². The largest absolute Gasteiger partial charge is 0.225 e. The number of hydrogen-bond donors (Lipinski definition) is 0. The lowest BCUT2D eigenvalue weighted by Gasteiger charge is -2.03. The molecule has 2 nitrogen and oxygen atoms in total. The van der Waals surface area contributed by atoms with Gasteiger partial charge in [-0.15, -0.1) is 0 Å². The van der Waals surface area contributed by atoms with E-state index in [4.69, 9.17) is 0 Å². The van der Waals surface area contributed by atoms with Gasteiger partial charge in [0.1, 0.15) is 0 Å². The minimum atomic E-state index is 0.549. The molecule has 0 aliphatic carbocycles. The molecule has 0 atom stereocenters. The Balaban J connectivity index is 1.87. The first-order valence-corrected chi connectivity index (χ1v) is 7.02. The predicted octanol–water partition coefficient (Wildman–Crippen LogP) is 4.86. The smallest absolute Gasteiger partial charge is 0.0949 e. The van der Waals surface area contributed by atoms with Gasteiger partial charge < -0.3 is 0 Å². The van der Waals surface area contributed by atoms with Gasteiger partial charge in [-0.1, -0.05) is 56.3 Å². The van der Waals surface area contributed by atoms with E-state index in [0.717, 1.165) is 18.7 Å². The van der Waals surface area contributed by atoms with E-state index in [1.807, 2.05) is 30.3 Å². The minimum Gasteiger partial charge on any atom is -0.225 e. The second kappa shape index (κ2) is 7.42. The highest BCUT2D eigenvalue weighted by molar-refractivity contribution is 5.52. The van der Waals surface area contributed by atoms with E-state index in [2.05, 4.69) is 54.1 Å². The molecular formula is C18H20N2. The van der Waals surface area contributed by atoms with Gasteiger partial charge in [0.15, 0.2) is 0 Å². The van der Waals surface area contributed by atoms with Crippen molar-refractivity contribution in [3.63, 3.8) is 0 Å². The van der Waals surface area contributed by atoms with Crippen molar-refractivity contribution < 1.29 is 0 Å². The number of nitrogens with zero attached hydrogens (tertiary/aromatic N) is 2. The second-order valence-electron chi connectivity index (χ2n) is 5.08. The van der Waals surface area contributed by atoms with Crippen LogP contribution in [0, 0.1) is 0 Å². The van der Waals surface area contributed by atoms with E-state index in [1.165, 1.54) is 11.1 Å². The average Bonchev–Trinajstić information content (AvgIpc) is 2.48. The zero-order chi connectivity index (χ0) is 14.2. The molecule has 0 heterocycles. The molecule has 0 radical (unpaired) electrons. The van der Waals surface area contributed by atoms with Crippen LogP contribution in [0.2, 0.25) is 0 Å². The number of hydrogen-bond acceptors (Lipinski definition) is 2. The SMILES string of the molecule is CC(C)c1ccc(N=C=NCCc2ccccc2)cc1. The van der Waals surface area contributed by atoms with Crippen LogP contribution in [0.5, 0.6) is 0 Å². The number of aliphatic imine (C=N–C) groups is 2. The molecule has 2 aromatic rings. The summed E-state index contributed by atoms with van der Waals surface area (Å²) < 4.78 is 0. The molecule has 0 amide bonds. The van der Waals surface area contributed by atoms with Crippen molar-refractivity contribution in [1.29, 1.82) is 0 Å². The number of rotatable bonds is 5. The molecule has 0 saturated heterocycles. The summed E-state index contributed by atoms with van der Waals surface area (Å²) in [5.74, 6) is 0.549. The van der Waals surface area contributed by atoms with Crippen LogP contribution in [0.25, 0.3) is 0 Å². The topological polar surface area (TPSA) is 24.7 Å². The van der Waals surface area contributed by atoms with Crippen molar-refractivity contribution in [2.45, 2.75) is 26.2 Å². The van der Waals surface area contributed by atoms with E-state index >= 15 is 0 Å². The van der Waals surface area contributed by atoms with Crippen LogP contribution in [0.3, 0.4) is 0 Å². The molecule has 0 saturated carbocycles. The van der Waals surface area contributed by atoms with Crippen LogP contribution in [0.15, 0.2) is 64.6 Å². The third-order valence-electron chi connectivity index (χ3n) is 3.16. The summed E-state index contributed by atoms with van der Waals surface area (Å²) in [7, 11) is 0.